The molecule has 3 heteroatoms. The monoisotopic (exact) mass is 212 g/mol. The maximum absolute atomic E-state index is 11.9. The van der Waals surface area contributed by atoms with Crippen molar-refractivity contribution in [3.05, 3.63) is 29.8 Å². The molecule has 0 amide bonds. The van der Waals surface area contributed by atoms with Gasteiger partial charge in [-0.1, -0.05) is 12.1 Å². The maximum Gasteiger partial charge on any atom is 0.0988 e. The lowest BCUT2D eigenvalue weighted by atomic mass is 10.1. The molecule has 1 saturated carbocycles. The van der Waals surface area contributed by atoms with Gasteiger partial charge in [0, 0.05) is 10.6 Å². The lowest BCUT2D eigenvalue weighted by Crippen LogP contribution is -2.03. The minimum Gasteiger partial charge on any atom is -0.385 e. The van der Waals surface area contributed by atoms with Crippen molar-refractivity contribution in [3.8, 4) is 0 Å². The van der Waals surface area contributed by atoms with Gasteiger partial charge in [-0.25, -0.2) is 0 Å². The van der Waals surface area contributed by atoms with Crippen molar-refractivity contribution in [2.75, 3.05) is 12.4 Å². The van der Waals surface area contributed by atoms with E-state index in [0.717, 1.165) is 23.3 Å². The fourth-order valence-electron chi connectivity index (χ4n) is 1.42. The summed E-state index contributed by atoms with van der Waals surface area (Å²) < 4.78 is 11.9. The van der Waals surface area contributed by atoms with Gasteiger partial charge in [0.05, 0.1) is 12.3 Å². The van der Waals surface area contributed by atoms with Crippen molar-refractivity contribution in [3.63, 3.8) is 0 Å². The highest BCUT2D eigenvalue weighted by molar-refractivity contribution is 7.99. The molecule has 76 valence electrons. The third kappa shape index (κ3) is 2.10. The van der Waals surface area contributed by atoms with E-state index in [0.29, 0.717) is 5.75 Å². The van der Waals surface area contributed by atoms with E-state index >= 15 is 0 Å². The molecule has 1 aromatic rings. The Labute approximate surface area is 87.3 Å². The molecule has 0 heterocycles. The molecular weight excluding hydrogens is 199 g/mol. The van der Waals surface area contributed by atoms with E-state index in [1.165, 1.54) is 11.8 Å². The molecule has 1 aliphatic rings. The Kier molecular flexibility index (Phi) is 2.79. The molecule has 0 spiro atoms. The second kappa shape index (κ2) is 3.91. The Morgan fingerprint density at radius 2 is 1.93 bits per heavy atom. The van der Waals surface area contributed by atoms with Gasteiger partial charge < -0.3 is 5.11 Å². The van der Waals surface area contributed by atoms with Crippen LogP contribution in [0.4, 0.5) is 4.39 Å². The summed E-state index contributed by atoms with van der Waals surface area (Å²) >= 11 is 1.50. The Morgan fingerprint density at radius 3 is 2.43 bits per heavy atom. The van der Waals surface area contributed by atoms with E-state index in [1.807, 2.05) is 24.3 Å². The predicted molar refractivity (Wildman–Crippen MR) is 56.3 cm³/mol. The first-order chi connectivity index (χ1) is 6.74. The Bertz CT molecular complexity index is 306. The smallest absolute Gasteiger partial charge is 0.0988 e. The fourth-order valence-corrected chi connectivity index (χ4v) is 2.07. The van der Waals surface area contributed by atoms with Gasteiger partial charge in [0.15, 0.2) is 0 Å². The second-order valence-corrected chi connectivity index (χ2v) is 4.76. The molecule has 1 aromatic carbocycles. The molecule has 1 aliphatic carbocycles. The van der Waals surface area contributed by atoms with Gasteiger partial charge in [0.25, 0.3) is 0 Å². The molecule has 2 rings (SSSR count). The van der Waals surface area contributed by atoms with Crippen LogP contribution in [0.15, 0.2) is 29.2 Å². The molecule has 1 N–H and O–H groups in total. The van der Waals surface area contributed by atoms with Crippen molar-refractivity contribution in [2.24, 2.45) is 0 Å². The van der Waals surface area contributed by atoms with Crippen LogP contribution in [0.5, 0.6) is 0 Å². The van der Waals surface area contributed by atoms with Crippen molar-refractivity contribution in [1.82, 2.24) is 0 Å². The number of alkyl halides is 1. The van der Waals surface area contributed by atoms with Crippen LogP contribution >= 0.6 is 11.8 Å². The summed E-state index contributed by atoms with van der Waals surface area (Å²) in [5, 5.41) is 9.80. The van der Waals surface area contributed by atoms with E-state index in [-0.39, 0.29) is 6.67 Å². The van der Waals surface area contributed by atoms with E-state index in [1.54, 1.807) is 0 Å². The predicted octanol–water partition coefficient (Wildman–Crippen LogP) is 2.73. The fraction of sp³-hybridized carbons (Fsp3) is 0.455. The second-order valence-electron chi connectivity index (χ2n) is 3.59. The Hall–Kier alpha value is -0.540. The molecule has 0 aliphatic heterocycles. The number of hydrogen-bond donors (Lipinski definition) is 1. The van der Waals surface area contributed by atoms with E-state index in [2.05, 4.69) is 0 Å². The zero-order valence-electron chi connectivity index (χ0n) is 7.87. The molecule has 1 nitrogen and oxygen atoms in total. The summed E-state index contributed by atoms with van der Waals surface area (Å²) in [6, 6.07) is 7.78. The van der Waals surface area contributed by atoms with E-state index < -0.39 is 5.60 Å². The molecule has 0 saturated heterocycles. The van der Waals surface area contributed by atoms with Crippen LogP contribution in [0.25, 0.3) is 0 Å². The minimum absolute atomic E-state index is 0.295. The van der Waals surface area contributed by atoms with Crippen molar-refractivity contribution >= 4 is 11.8 Å². The first-order valence-corrected chi connectivity index (χ1v) is 5.75. The SMILES string of the molecule is OC1(c2ccc(SCCF)cc2)CC1. The summed E-state index contributed by atoms with van der Waals surface area (Å²) in [6.07, 6.45) is 1.73. The van der Waals surface area contributed by atoms with Gasteiger partial charge in [0.2, 0.25) is 0 Å². The van der Waals surface area contributed by atoms with Gasteiger partial charge in [-0.05, 0) is 30.5 Å². The molecule has 0 radical (unpaired) electrons. The lowest BCUT2D eigenvalue weighted by Gasteiger charge is -2.08. The maximum atomic E-state index is 11.9. The van der Waals surface area contributed by atoms with Gasteiger partial charge in [0.1, 0.15) is 0 Å². The Morgan fingerprint density at radius 1 is 1.29 bits per heavy atom. The highest BCUT2D eigenvalue weighted by atomic mass is 32.2. The summed E-state index contributed by atoms with van der Waals surface area (Å²) in [5.74, 6) is 0.504. The van der Waals surface area contributed by atoms with Crippen LogP contribution < -0.4 is 0 Å². The van der Waals surface area contributed by atoms with Crippen LogP contribution in [0.3, 0.4) is 0 Å². The van der Waals surface area contributed by atoms with Crippen molar-refractivity contribution < 1.29 is 9.50 Å². The van der Waals surface area contributed by atoms with Crippen LogP contribution in [-0.2, 0) is 5.60 Å². The first kappa shape index (κ1) is 9.99. The largest absolute Gasteiger partial charge is 0.385 e. The number of rotatable bonds is 4. The van der Waals surface area contributed by atoms with Crippen LogP contribution in [0.2, 0.25) is 0 Å². The quantitative estimate of drug-likeness (QED) is 0.774. The minimum atomic E-state index is -0.552. The van der Waals surface area contributed by atoms with Gasteiger partial charge in [-0.2, -0.15) is 0 Å². The highest BCUT2D eigenvalue weighted by Gasteiger charge is 2.41. The molecular formula is C11H13FOS. The molecule has 0 atom stereocenters. The van der Waals surface area contributed by atoms with Crippen LogP contribution in [0.1, 0.15) is 18.4 Å². The topological polar surface area (TPSA) is 20.2 Å². The summed E-state index contributed by atoms with van der Waals surface area (Å²) in [6.45, 7) is -0.295. The number of hydrogen-bond acceptors (Lipinski definition) is 2. The standard InChI is InChI=1S/C11H13FOS/c12-7-8-14-10-3-1-9(2-4-10)11(13)5-6-11/h1-4,13H,5-8H2. The summed E-state index contributed by atoms with van der Waals surface area (Å²) in [5.41, 5.74) is 0.436. The summed E-state index contributed by atoms with van der Waals surface area (Å²) in [7, 11) is 0. The third-order valence-corrected chi connectivity index (χ3v) is 3.43. The normalized spacial score (nSPS) is 18.1. The van der Waals surface area contributed by atoms with E-state index in [9.17, 15) is 9.50 Å². The number of aliphatic hydroxyl groups is 1. The molecule has 0 unspecified atom stereocenters. The molecule has 1 fully saturated rings. The first-order valence-electron chi connectivity index (χ1n) is 4.76. The van der Waals surface area contributed by atoms with Crippen molar-refractivity contribution in [1.29, 1.82) is 0 Å². The van der Waals surface area contributed by atoms with Gasteiger partial charge in [-0.3, -0.25) is 4.39 Å². The molecule has 14 heavy (non-hydrogen) atoms. The highest BCUT2D eigenvalue weighted by Crippen LogP contribution is 2.45. The molecule has 0 aromatic heterocycles. The average Bonchev–Trinajstić information content (AvgIpc) is 2.96. The Balaban J connectivity index is 2.03. The number of halogens is 1. The summed E-state index contributed by atoms with van der Waals surface area (Å²) in [4.78, 5) is 1.07. The molecule has 0 bridgehead atoms. The van der Waals surface area contributed by atoms with Gasteiger partial charge in [-0.15, -0.1) is 11.8 Å². The lowest BCUT2D eigenvalue weighted by molar-refractivity contribution is 0.151. The van der Waals surface area contributed by atoms with Crippen LogP contribution in [-0.4, -0.2) is 17.5 Å². The van der Waals surface area contributed by atoms with Crippen molar-refractivity contribution in [2.45, 2.75) is 23.3 Å². The van der Waals surface area contributed by atoms with E-state index in [4.69, 9.17) is 0 Å². The zero-order chi connectivity index (χ0) is 10.0. The third-order valence-electron chi connectivity index (χ3n) is 2.46. The average molecular weight is 212 g/mol. The number of benzene rings is 1. The van der Waals surface area contributed by atoms with Gasteiger partial charge >= 0.3 is 0 Å². The zero-order valence-corrected chi connectivity index (χ0v) is 8.69. The number of thioether (sulfide) groups is 1. The van der Waals surface area contributed by atoms with Crippen LogP contribution in [0, 0.1) is 0 Å².